The van der Waals surface area contributed by atoms with E-state index in [1.165, 1.54) is 7.11 Å². The molecule has 3 aromatic carbocycles. The van der Waals surface area contributed by atoms with Crippen molar-refractivity contribution in [3.05, 3.63) is 123 Å². The molecule has 6 rings (SSSR count). The number of ketones is 1. The second kappa shape index (κ2) is 8.79. The van der Waals surface area contributed by atoms with Crippen LogP contribution in [0.5, 0.6) is 0 Å². The van der Waals surface area contributed by atoms with Gasteiger partial charge in [0.1, 0.15) is 0 Å². The minimum Gasteiger partial charge on any atom is -0.466 e. The van der Waals surface area contributed by atoms with Crippen LogP contribution in [0.3, 0.4) is 0 Å². The molecule has 37 heavy (non-hydrogen) atoms. The Kier molecular flexibility index (Phi) is 5.54. The minimum absolute atomic E-state index is 0.0701. The summed E-state index contributed by atoms with van der Waals surface area (Å²) >= 11 is 6.54. The highest BCUT2D eigenvalue weighted by atomic mass is 35.5. The van der Waals surface area contributed by atoms with Gasteiger partial charge in [-0.25, -0.2) is 4.79 Å². The van der Waals surface area contributed by atoms with Crippen molar-refractivity contribution in [2.45, 2.75) is 26.3 Å². The first kappa shape index (κ1) is 23.3. The summed E-state index contributed by atoms with van der Waals surface area (Å²) in [4.78, 5) is 27.1. The zero-order valence-electron chi connectivity index (χ0n) is 20.8. The number of hydrogen-bond acceptors (Lipinski definition) is 4. The number of benzene rings is 3. The van der Waals surface area contributed by atoms with Crippen molar-refractivity contribution in [3.8, 4) is 0 Å². The van der Waals surface area contributed by atoms with Crippen molar-refractivity contribution in [1.82, 2.24) is 9.88 Å². The Morgan fingerprint density at radius 2 is 1.65 bits per heavy atom. The number of methoxy groups -OCH3 is 1. The van der Waals surface area contributed by atoms with E-state index < -0.39 is 11.9 Å². The Morgan fingerprint density at radius 3 is 2.41 bits per heavy atom. The summed E-state index contributed by atoms with van der Waals surface area (Å²) in [6.45, 7) is 4.48. The number of dihydropyridines is 1. The standard InChI is InChI=1S/C31H25ClN2O3/c1-17-25(31(36)37-3)27(28-29(33-17)20-11-5-6-12-21(20)30(28)35)26-18(2)34(24-15-9-7-13-22(24)26)16-19-10-4-8-14-23(19)32/h4-15,27,33H,16H2,1-3H3/t27-/m1/s1. The Bertz CT molecular complexity index is 1690. The molecule has 6 heteroatoms. The first-order valence-electron chi connectivity index (χ1n) is 12.2. The number of allylic oxidation sites excluding steroid dienone is 2. The van der Waals surface area contributed by atoms with Gasteiger partial charge in [-0.05, 0) is 37.1 Å². The van der Waals surface area contributed by atoms with Gasteiger partial charge < -0.3 is 14.6 Å². The number of aromatic nitrogens is 1. The maximum absolute atomic E-state index is 13.9. The number of Topliss-reactive ketones (excluding diaryl/α,β-unsaturated/α-hetero) is 1. The van der Waals surface area contributed by atoms with E-state index in [4.69, 9.17) is 16.3 Å². The lowest BCUT2D eigenvalue weighted by atomic mass is 9.78. The third kappa shape index (κ3) is 3.45. The van der Waals surface area contributed by atoms with Crippen LogP contribution in [0.1, 0.15) is 45.6 Å². The van der Waals surface area contributed by atoms with Gasteiger partial charge in [0.05, 0.1) is 24.3 Å². The van der Waals surface area contributed by atoms with Crippen molar-refractivity contribution in [3.63, 3.8) is 0 Å². The quantitative estimate of drug-likeness (QED) is 0.324. The van der Waals surface area contributed by atoms with Crippen LogP contribution in [0.2, 0.25) is 5.02 Å². The van der Waals surface area contributed by atoms with Gasteiger partial charge in [0.2, 0.25) is 0 Å². The third-order valence-electron chi connectivity index (χ3n) is 7.51. The number of rotatable bonds is 4. The second-order valence-corrected chi connectivity index (χ2v) is 9.85. The van der Waals surface area contributed by atoms with Crippen LogP contribution in [0.25, 0.3) is 16.6 Å². The van der Waals surface area contributed by atoms with Crippen molar-refractivity contribution in [2.24, 2.45) is 0 Å². The normalized spacial score (nSPS) is 16.6. The molecular weight excluding hydrogens is 484 g/mol. The van der Waals surface area contributed by atoms with E-state index in [-0.39, 0.29) is 5.78 Å². The topological polar surface area (TPSA) is 60.3 Å². The Morgan fingerprint density at radius 1 is 0.973 bits per heavy atom. The molecule has 4 aromatic rings. The highest BCUT2D eigenvalue weighted by Gasteiger charge is 2.44. The highest BCUT2D eigenvalue weighted by Crippen LogP contribution is 2.49. The van der Waals surface area contributed by atoms with Crippen molar-refractivity contribution < 1.29 is 14.3 Å². The first-order chi connectivity index (χ1) is 17.9. The number of carbonyl (C=O) groups is 2. The van der Waals surface area contributed by atoms with E-state index in [1.54, 1.807) is 0 Å². The fourth-order valence-corrected chi connectivity index (χ4v) is 6.02. The Labute approximate surface area is 220 Å². The summed E-state index contributed by atoms with van der Waals surface area (Å²) in [7, 11) is 1.38. The van der Waals surface area contributed by atoms with Gasteiger partial charge in [-0.15, -0.1) is 0 Å². The molecule has 0 saturated carbocycles. The fraction of sp³-hybridized carbons (Fsp3) is 0.161. The number of ether oxygens (including phenoxy) is 1. The highest BCUT2D eigenvalue weighted by molar-refractivity contribution is 6.31. The molecule has 2 heterocycles. The molecule has 1 atom stereocenters. The molecule has 0 saturated heterocycles. The molecule has 2 aliphatic rings. The van der Waals surface area contributed by atoms with E-state index >= 15 is 0 Å². The van der Waals surface area contributed by atoms with Crippen LogP contribution >= 0.6 is 11.6 Å². The van der Waals surface area contributed by atoms with E-state index in [0.29, 0.717) is 34.0 Å². The number of esters is 1. The maximum atomic E-state index is 13.9. The first-order valence-corrected chi connectivity index (χ1v) is 12.6. The molecule has 0 radical (unpaired) electrons. The van der Waals surface area contributed by atoms with Crippen molar-refractivity contribution >= 4 is 40.0 Å². The fourth-order valence-electron chi connectivity index (χ4n) is 5.82. The van der Waals surface area contributed by atoms with Crippen LogP contribution in [0.4, 0.5) is 0 Å². The van der Waals surface area contributed by atoms with Gasteiger partial charge >= 0.3 is 5.97 Å². The Hall–Kier alpha value is -4.09. The second-order valence-electron chi connectivity index (χ2n) is 9.45. The number of para-hydroxylation sites is 1. The summed E-state index contributed by atoms with van der Waals surface area (Å²) in [6.07, 6.45) is 0. The van der Waals surface area contributed by atoms with Gasteiger partial charge in [0, 0.05) is 50.6 Å². The van der Waals surface area contributed by atoms with Gasteiger partial charge in [0.15, 0.2) is 5.78 Å². The minimum atomic E-state index is -0.582. The summed E-state index contributed by atoms with van der Waals surface area (Å²) in [5.74, 6) is -1.10. The number of nitrogens with one attached hydrogen (secondary N) is 1. The number of nitrogens with zero attached hydrogens (tertiary/aromatic N) is 1. The van der Waals surface area contributed by atoms with Gasteiger partial charge in [-0.2, -0.15) is 0 Å². The zero-order chi connectivity index (χ0) is 25.8. The lowest BCUT2D eigenvalue weighted by molar-refractivity contribution is -0.136. The molecule has 1 aromatic heterocycles. The van der Waals surface area contributed by atoms with E-state index in [0.717, 1.165) is 39.0 Å². The molecular formula is C31H25ClN2O3. The van der Waals surface area contributed by atoms with E-state index in [1.807, 2.05) is 74.5 Å². The molecule has 0 unspecified atom stereocenters. The summed E-state index contributed by atoms with van der Waals surface area (Å²) in [5.41, 5.74) is 7.88. The third-order valence-corrected chi connectivity index (χ3v) is 7.88. The molecule has 1 aliphatic carbocycles. The largest absolute Gasteiger partial charge is 0.466 e. The van der Waals surface area contributed by atoms with Gasteiger partial charge in [-0.3, -0.25) is 4.79 Å². The zero-order valence-corrected chi connectivity index (χ0v) is 21.5. The molecule has 0 fully saturated rings. The number of fused-ring (bicyclic) bond motifs is 3. The number of halogens is 1. The molecule has 0 amide bonds. The molecule has 0 spiro atoms. The summed E-state index contributed by atoms with van der Waals surface area (Å²) < 4.78 is 7.46. The van der Waals surface area contributed by atoms with Crippen LogP contribution in [-0.4, -0.2) is 23.4 Å². The van der Waals surface area contributed by atoms with E-state index in [2.05, 4.69) is 22.0 Å². The SMILES string of the molecule is COC(=O)C1=C(C)NC2=C(C(=O)c3ccccc32)[C@H]1c1c(C)n(Cc2ccccc2Cl)c2ccccc12. The van der Waals surface area contributed by atoms with E-state index in [9.17, 15) is 9.59 Å². The molecule has 5 nitrogen and oxygen atoms in total. The molecule has 1 N–H and O–H groups in total. The summed E-state index contributed by atoms with van der Waals surface area (Å²) in [5, 5.41) is 5.05. The molecule has 0 bridgehead atoms. The monoisotopic (exact) mass is 508 g/mol. The van der Waals surface area contributed by atoms with Gasteiger partial charge in [-0.1, -0.05) is 72.3 Å². The molecule has 184 valence electrons. The number of carbonyl (C=O) groups excluding carboxylic acids is 2. The van der Waals surface area contributed by atoms with Crippen LogP contribution in [-0.2, 0) is 16.1 Å². The Balaban J connectivity index is 1.63. The maximum Gasteiger partial charge on any atom is 0.336 e. The average molecular weight is 509 g/mol. The van der Waals surface area contributed by atoms with Crippen LogP contribution < -0.4 is 5.32 Å². The smallest absolute Gasteiger partial charge is 0.336 e. The van der Waals surface area contributed by atoms with Crippen molar-refractivity contribution in [2.75, 3.05) is 7.11 Å². The summed E-state index contributed by atoms with van der Waals surface area (Å²) in [6, 6.07) is 23.5. The van der Waals surface area contributed by atoms with Crippen LogP contribution in [0, 0.1) is 6.92 Å². The average Bonchev–Trinajstić information content (AvgIpc) is 3.35. The lowest BCUT2D eigenvalue weighted by Gasteiger charge is -2.29. The number of hydrogen-bond donors (Lipinski definition) is 1. The van der Waals surface area contributed by atoms with Crippen LogP contribution in [0.15, 0.2) is 89.6 Å². The predicted octanol–water partition coefficient (Wildman–Crippen LogP) is 6.39. The predicted molar refractivity (Wildman–Crippen MR) is 146 cm³/mol. The molecule has 1 aliphatic heterocycles. The lowest BCUT2D eigenvalue weighted by Crippen LogP contribution is -2.29. The van der Waals surface area contributed by atoms with Gasteiger partial charge in [0.25, 0.3) is 0 Å². The van der Waals surface area contributed by atoms with Crippen molar-refractivity contribution in [1.29, 1.82) is 0 Å².